The van der Waals surface area contributed by atoms with Crippen molar-refractivity contribution < 1.29 is 0 Å². The molecule has 0 aliphatic rings. The van der Waals surface area contributed by atoms with Crippen LogP contribution in [-0.4, -0.2) is 4.98 Å². The minimum Gasteiger partial charge on any atom is -0.241 e. The average Bonchev–Trinajstić information content (AvgIpc) is 2.89. The van der Waals surface area contributed by atoms with E-state index < -0.39 is 0 Å². The second-order valence-electron chi connectivity index (χ2n) is 4.58. The lowest BCUT2D eigenvalue weighted by molar-refractivity contribution is 1.06. The molecule has 1 nitrogen and oxygen atoms in total. The summed E-state index contributed by atoms with van der Waals surface area (Å²) in [4.78, 5) is 5.91. The molecule has 0 unspecified atom stereocenters. The predicted octanol–water partition coefficient (Wildman–Crippen LogP) is 4.90. The van der Waals surface area contributed by atoms with Crippen LogP contribution in [-0.2, 0) is 6.42 Å². The Kier molecular flexibility index (Phi) is 3.54. The van der Waals surface area contributed by atoms with Crippen LogP contribution in [0.2, 0.25) is 0 Å². The Morgan fingerprint density at radius 3 is 2.70 bits per heavy atom. The molecule has 3 aromatic rings. The summed E-state index contributed by atoms with van der Waals surface area (Å²) in [6.45, 7) is 4.02. The summed E-state index contributed by atoms with van der Waals surface area (Å²) < 4.78 is 0. The fourth-order valence-corrected chi connectivity index (χ4v) is 3.24. The fourth-order valence-electron chi connectivity index (χ4n) is 2.36. The van der Waals surface area contributed by atoms with Gasteiger partial charge in [0.2, 0.25) is 0 Å². The van der Waals surface area contributed by atoms with E-state index in [0.717, 1.165) is 22.5 Å². The Labute approximate surface area is 123 Å². The van der Waals surface area contributed by atoms with Gasteiger partial charge in [-0.05, 0) is 25.0 Å². The number of fused-ring (bicyclic) bond motifs is 1. The molecule has 2 heteroatoms. The number of thiophene rings is 1. The molecule has 0 saturated carbocycles. The van der Waals surface area contributed by atoms with Crippen LogP contribution >= 0.6 is 11.3 Å². The number of rotatable bonds is 2. The number of pyridine rings is 1. The minimum absolute atomic E-state index is 0.937. The topological polar surface area (TPSA) is 12.9 Å². The van der Waals surface area contributed by atoms with Gasteiger partial charge in [-0.3, -0.25) is 0 Å². The Bertz CT molecular complexity index is 804. The van der Waals surface area contributed by atoms with E-state index in [0.29, 0.717) is 0 Å². The van der Waals surface area contributed by atoms with Crippen LogP contribution < -0.4 is 0 Å². The van der Waals surface area contributed by atoms with Crippen LogP contribution in [0.3, 0.4) is 0 Å². The van der Waals surface area contributed by atoms with Crippen LogP contribution in [0.25, 0.3) is 21.3 Å². The van der Waals surface area contributed by atoms with E-state index in [1.807, 2.05) is 13.0 Å². The Morgan fingerprint density at radius 2 is 2.00 bits per heavy atom. The summed E-state index contributed by atoms with van der Waals surface area (Å²) in [6.07, 6.45) is 0.937. The predicted molar refractivity (Wildman–Crippen MR) is 87.0 cm³/mol. The van der Waals surface area contributed by atoms with Crippen molar-refractivity contribution in [1.82, 2.24) is 4.98 Å². The molecule has 0 bridgehead atoms. The number of hydrogen-bond acceptors (Lipinski definition) is 2. The molecule has 0 aliphatic carbocycles. The van der Waals surface area contributed by atoms with Gasteiger partial charge in [-0.1, -0.05) is 43.2 Å². The summed E-state index contributed by atoms with van der Waals surface area (Å²) >= 11 is 1.67. The molecule has 0 spiro atoms. The molecule has 2 aromatic heterocycles. The fraction of sp³-hybridized carbons (Fsp3) is 0.167. The van der Waals surface area contributed by atoms with Gasteiger partial charge in [0.05, 0.1) is 0 Å². The van der Waals surface area contributed by atoms with Gasteiger partial charge < -0.3 is 0 Å². The molecule has 1 aromatic carbocycles. The van der Waals surface area contributed by atoms with E-state index in [1.54, 1.807) is 11.3 Å². The summed E-state index contributed by atoms with van der Waals surface area (Å²) in [5.74, 6) is 6.15. The largest absolute Gasteiger partial charge is 0.241 e. The zero-order chi connectivity index (χ0) is 13.9. The van der Waals surface area contributed by atoms with Gasteiger partial charge in [0, 0.05) is 27.6 Å². The first-order valence-electron chi connectivity index (χ1n) is 6.72. The highest BCUT2D eigenvalue weighted by Crippen LogP contribution is 2.31. The molecule has 0 saturated heterocycles. The van der Waals surface area contributed by atoms with E-state index in [2.05, 4.69) is 54.5 Å². The van der Waals surface area contributed by atoms with Crippen molar-refractivity contribution in [3.8, 4) is 23.0 Å². The van der Waals surface area contributed by atoms with Crippen molar-refractivity contribution in [3.63, 3.8) is 0 Å². The monoisotopic (exact) mass is 277 g/mol. The lowest BCUT2D eigenvalue weighted by atomic mass is 10.0. The van der Waals surface area contributed by atoms with Crippen LogP contribution in [0.1, 0.15) is 25.1 Å². The first-order chi connectivity index (χ1) is 9.83. The molecule has 98 valence electrons. The molecule has 20 heavy (non-hydrogen) atoms. The van der Waals surface area contributed by atoms with Gasteiger partial charge in [0.15, 0.2) is 0 Å². The van der Waals surface area contributed by atoms with E-state index in [4.69, 9.17) is 4.98 Å². The van der Waals surface area contributed by atoms with Crippen LogP contribution in [0.5, 0.6) is 0 Å². The molecule has 0 amide bonds. The zero-order valence-corrected chi connectivity index (χ0v) is 12.4. The molecule has 2 heterocycles. The van der Waals surface area contributed by atoms with Crippen LogP contribution in [0.4, 0.5) is 0 Å². The van der Waals surface area contributed by atoms with Gasteiger partial charge in [-0.15, -0.1) is 17.3 Å². The summed E-state index contributed by atoms with van der Waals surface area (Å²) in [6, 6.07) is 12.7. The van der Waals surface area contributed by atoms with Gasteiger partial charge in [0.1, 0.15) is 4.83 Å². The maximum absolute atomic E-state index is 4.82. The lowest BCUT2D eigenvalue weighted by Crippen LogP contribution is -1.92. The Balaban J connectivity index is 2.28. The maximum Gasteiger partial charge on any atom is 0.124 e. The Hall–Kier alpha value is -2.11. The highest BCUT2D eigenvalue weighted by atomic mass is 32.1. The molecule has 0 aliphatic heterocycles. The normalized spacial score (nSPS) is 10.3. The second kappa shape index (κ2) is 5.48. The quantitative estimate of drug-likeness (QED) is 0.607. The van der Waals surface area contributed by atoms with Crippen LogP contribution in [0.15, 0.2) is 41.8 Å². The number of aromatic nitrogens is 1. The molecular weight excluding hydrogens is 262 g/mol. The van der Waals surface area contributed by atoms with Crippen molar-refractivity contribution in [2.75, 3.05) is 0 Å². The average molecular weight is 277 g/mol. The lowest BCUT2D eigenvalue weighted by Gasteiger charge is -2.08. The van der Waals surface area contributed by atoms with E-state index in [9.17, 15) is 0 Å². The van der Waals surface area contributed by atoms with Gasteiger partial charge >= 0.3 is 0 Å². The van der Waals surface area contributed by atoms with E-state index >= 15 is 0 Å². The van der Waals surface area contributed by atoms with Crippen LogP contribution in [0, 0.1) is 11.8 Å². The number of hydrogen-bond donors (Lipinski definition) is 0. The third kappa shape index (κ3) is 2.21. The number of benzene rings is 1. The molecule has 0 atom stereocenters. The summed E-state index contributed by atoms with van der Waals surface area (Å²) in [5.41, 5.74) is 4.68. The van der Waals surface area contributed by atoms with Gasteiger partial charge in [-0.25, -0.2) is 4.98 Å². The highest BCUT2D eigenvalue weighted by molar-refractivity contribution is 7.17. The number of aryl methyl sites for hydroxylation is 1. The van der Waals surface area contributed by atoms with Crippen molar-refractivity contribution in [1.29, 1.82) is 0 Å². The molecule has 0 fully saturated rings. The van der Waals surface area contributed by atoms with E-state index in [1.165, 1.54) is 16.5 Å². The van der Waals surface area contributed by atoms with E-state index in [-0.39, 0.29) is 0 Å². The smallest absolute Gasteiger partial charge is 0.124 e. The molecule has 3 rings (SSSR count). The SMILES string of the molecule is CC#Cc1csc2nc(CC)c(-c3ccccc3)cc12. The minimum atomic E-state index is 0.937. The third-order valence-corrected chi connectivity index (χ3v) is 4.21. The maximum atomic E-state index is 4.82. The van der Waals surface area contributed by atoms with Crippen molar-refractivity contribution in [2.24, 2.45) is 0 Å². The van der Waals surface area contributed by atoms with Crippen molar-refractivity contribution in [3.05, 3.63) is 53.0 Å². The molecular formula is C18H15NS. The molecule has 0 N–H and O–H groups in total. The number of nitrogens with zero attached hydrogens (tertiary/aromatic N) is 1. The van der Waals surface area contributed by atoms with Gasteiger partial charge in [0.25, 0.3) is 0 Å². The van der Waals surface area contributed by atoms with Gasteiger partial charge in [-0.2, -0.15) is 0 Å². The zero-order valence-electron chi connectivity index (χ0n) is 11.6. The van der Waals surface area contributed by atoms with Crippen molar-refractivity contribution in [2.45, 2.75) is 20.3 Å². The first kappa shape index (κ1) is 12.9. The summed E-state index contributed by atoms with van der Waals surface area (Å²) in [7, 11) is 0. The Morgan fingerprint density at radius 1 is 1.20 bits per heavy atom. The highest BCUT2D eigenvalue weighted by Gasteiger charge is 2.11. The standard InChI is InChI=1S/C18H15NS/c1-3-8-14-12-20-18-16(14)11-15(17(4-2)19-18)13-9-6-5-7-10-13/h5-7,9-12H,4H2,1-2H3. The van der Waals surface area contributed by atoms with Crippen molar-refractivity contribution >= 4 is 21.6 Å². The summed E-state index contributed by atoms with van der Waals surface area (Å²) in [5, 5.41) is 3.27. The second-order valence-corrected chi connectivity index (χ2v) is 5.44. The third-order valence-electron chi connectivity index (χ3n) is 3.32. The molecule has 0 radical (unpaired) electrons. The first-order valence-corrected chi connectivity index (χ1v) is 7.60.